The fourth-order valence-electron chi connectivity index (χ4n) is 12.2. The van der Waals surface area contributed by atoms with E-state index in [1.165, 1.54) is 225 Å². The second-order valence-electron chi connectivity index (χ2n) is 29.8. The molecule has 0 heterocycles. The van der Waals surface area contributed by atoms with E-state index in [2.05, 4.69) is 48.5 Å². The molecule has 0 amide bonds. The normalized spacial score (nSPS) is 14.5. The monoisotopic (exact) mass is 1450 g/mol. The van der Waals surface area contributed by atoms with Crippen molar-refractivity contribution in [3.63, 3.8) is 0 Å². The van der Waals surface area contributed by atoms with Gasteiger partial charge in [-0.3, -0.25) is 37.3 Å². The summed E-state index contributed by atoms with van der Waals surface area (Å²) in [4.78, 5) is 73.0. The summed E-state index contributed by atoms with van der Waals surface area (Å²) in [5.41, 5.74) is 0. The molecule has 0 aromatic rings. The quantitative estimate of drug-likeness (QED) is 0.0222. The molecule has 4 unspecified atom stereocenters. The Kier molecular flexibility index (Phi) is 69.0. The van der Waals surface area contributed by atoms with Crippen molar-refractivity contribution < 1.29 is 80.2 Å². The molecule has 0 aromatic carbocycles. The third-order valence-electron chi connectivity index (χ3n) is 19.4. The molecule has 0 aliphatic rings. The zero-order valence-electron chi connectivity index (χ0n) is 65.0. The van der Waals surface area contributed by atoms with Crippen LogP contribution in [-0.2, 0) is 65.4 Å². The van der Waals surface area contributed by atoms with Gasteiger partial charge in [0.2, 0.25) is 0 Å². The van der Waals surface area contributed by atoms with E-state index in [-0.39, 0.29) is 25.7 Å². The van der Waals surface area contributed by atoms with E-state index < -0.39 is 97.5 Å². The molecule has 0 radical (unpaired) electrons. The average molecular weight is 1450 g/mol. The summed E-state index contributed by atoms with van der Waals surface area (Å²) in [6, 6.07) is 0. The molecule has 3 N–H and O–H groups in total. The lowest BCUT2D eigenvalue weighted by Crippen LogP contribution is -2.30. The number of carbonyl (C=O) groups excluding carboxylic acids is 4. The maximum absolute atomic E-state index is 13.1. The molecule has 0 bridgehead atoms. The maximum Gasteiger partial charge on any atom is 0.472 e. The van der Waals surface area contributed by atoms with Gasteiger partial charge in [0.05, 0.1) is 26.4 Å². The predicted octanol–water partition coefficient (Wildman–Crippen LogP) is 23.7. The number of hydrogen-bond acceptors (Lipinski definition) is 15. The highest BCUT2D eigenvalue weighted by Crippen LogP contribution is 2.45. The first-order valence-corrected chi connectivity index (χ1v) is 44.4. The second-order valence-corrected chi connectivity index (χ2v) is 32.7. The minimum Gasteiger partial charge on any atom is -0.462 e. The third kappa shape index (κ3) is 71.5. The Hall–Kier alpha value is -1.94. The topological polar surface area (TPSA) is 237 Å². The van der Waals surface area contributed by atoms with Crippen LogP contribution in [0.25, 0.3) is 0 Å². The molecule has 0 rings (SSSR count). The van der Waals surface area contributed by atoms with Crippen LogP contribution in [0.5, 0.6) is 0 Å². The van der Waals surface area contributed by atoms with E-state index in [1.54, 1.807) is 0 Å². The van der Waals surface area contributed by atoms with Crippen LogP contribution in [0, 0.1) is 17.8 Å². The number of aliphatic hydroxyl groups is 1. The first-order valence-electron chi connectivity index (χ1n) is 41.4. The molecule has 7 atom stereocenters. The van der Waals surface area contributed by atoms with Gasteiger partial charge in [0.1, 0.15) is 19.3 Å². The van der Waals surface area contributed by atoms with Crippen LogP contribution in [0.15, 0.2) is 0 Å². The van der Waals surface area contributed by atoms with Crippen molar-refractivity contribution in [2.24, 2.45) is 17.8 Å². The van der Waals surface area contributed by atoms with E-state index in [0.717, 1.165) is 108 Å². The fraction of sp³-hybridized carbons (Fsp3) is 0.950. The molecule has 0 aliphatic carbocycles. The molecule has 0 aliphatic heterocycles. The van der Waals surface area contributed by atoms with Crippen molar-refractivity contribution in [3.05, 3.63) is 0 Å². The average Bonchev–Trinajstić information content (AvgIpc) is 1.00. The molecule has 19 heteroatoms. The lowest BCUT2D eigenvalue weighted by atomic mass is 9.99. The highest BCUT2D eigenvalue weighted by Gasteiger charge is 2.30. The molecule has 99 heavy (non-hydrogen) atoms. The molecule has 0 saturated heterocycles. The van der Waals surface area contributed by atoms with Crippen molar-refractivity contribution in [1.29, 1.82) is 0 Å². The van der Waals surface area contributed by atoms with Crippen molar-refractivity contribution in [1.82, 2.24) is 0 Å². The van der Waals surface area contributed by atoms with Crippen molar-refractivity contribution in [3.8, 4) is 0 Å². The maximum atomic E-state index is 13.1. The fourth-order valence-corrected chi connectivity index (χ4v) is 13.8. The number of unbranched alkanes of at least 4 members (excludes halogenated alkanes) is 44. The van der Waals surface area contributed by atoms with Crippen LogP contribution < -0.4 is 0 Å². The number of hydrogen-bond donors (Lipinski definition) is 3. The summed E-state index contributed by atoms with van der Waals surface area (Å²) < 4.78 is 68.7. The van der Waals surface area contributed by atoms with Crippen LogP contribution >= 0.6 is 15.6 Å². The molecule has 0 aromatic heterocycles. The number of phosphoric acid groups is 2. The molecule has 588 valence electrons. The van der Waals surface area contributed by atoms with Crippen LogP contribution in [0.4, 0.5) is 0 Å². The van der Waals surface area contributed by atoms with E-state index in [0.29, 0.717) is 25.7 Å². The smallest absolute Gasteiger partial charge is 0.462 e. The molecule has 0 saturated carbocycles. The van der Waals surface area contributed by atoms with E-state index in [9.17, 15) is 43.2 Å². The molecule has 0 spiro atoms. The summed E-state index contributed by atoms with van der Waals surface area (Å²) in [6.45, 7) is 12.0. The zero-order valence-corrected chi connectivity index (χ0v) is 66.8. The highest BCUT2D eigenvalue weighted by atomic mass is 31.2. The zero-order chi connectivity index (χ0) is 73.0. The van der Waals surface area contributed by atoms with Crippen molar-refractivity contribution in [2.45, 2.75) is 433 Å². The van der Waals surface area contributed by atoms with Gasteiger partial charge in [0, 0.05) is 25.7 Å². The van der Waals surface area contributed by atoms with Crippen LogP contribution in [-0.4, -0.2) is 96.7 Å². The molecular formula is C80H156O17P2. The van der Waals surface area contributed by atoms with Gasteiger partial charge in [0.25, 0.3) is 0 Å². The lowest BCUT2D eigenvalue weighted by molar-refractivity contribution is -0.161. The number of rotatable bonds is 78. The SMILES string of the molecule is CCCCCCCCCCCCCCCCCCCCC(=O)O[C@H](COC(=O)CCCCCCCCCCCCCCCCC(C)C)COP(=O)(O)OC[C@@H](O)COP(=O)(O)OC[C@@H](COC(=O)CCCCCCCCCCC(C)CC)OC(=O)CCCCCCCCCCC(C)CC. The second kappa shape index (κ2) is 70.4. The Balaban J connectivity index is 5.26. The third-order valence-corrected chi connectivity index (χ3v) is 21.3. The standard InChI is InChI=1S/C80H156O17P2/c1-8-11-12-13-14-15-16-17-18-19-20-21-26-29-32-42-49-56-63-79(84)96-75(67-90-77(82)61-54-47-40-31-28-25-23-22-24-27-30-37-44-51-58-71(4)5)69-94-98(86,87)92-65-74(81)66-93-99(88,89)95-70-76(97-80(85)64-57-50-43-36-34-39-46-53-60-73(7)10-3)68-91-78(83)62-55-48-41-35-33-38-45-52-59-72(6)9-2/h71-76,81H,8-70H2,1-7H3,(H,86,87)(H,88,89)/t72?,73?,74-,75-,76-/m1/s1. The van der Waals surface area contributed by atoms with Gasteiger partial charge in [-0.1, -0.05) is 363 Å². The largest absolute Gasteiger partial charge is 0.472 e. The predicted molar refractivity (Wildman–Crippen MR) is 405 cm³/mol. The Morgan fingerprint density at radius 3 is 0.768 bits per heavy atom. The van der Waals surface area contributed by atoms with Crippen molar-refractivity contribution in [2.75, 3.05) is 39.6 Å². The lowest BCUT2D eigenvalue weighted by Gasteiger charge is -2.21. The first-order chi connectivity index (χ1) is 47.8. The van der Waals surface area contributed by atoms with Gasteiger partial charge < -0.3 is 33.8 Å². The number of phosphoric ester groups is 2. The van der Waals surface area contributed by atoms with E-state index >= 15 is 0 Å². The van der Waals surface area contributed by atoms with Gasteiger partial charge in [-0.25, -0.2) is 9.13 Å². The molecule has 0 fully saturated rings. The molecule has 17 nitrogen and oxygen atoms in total. The minimum atomic E-state index is -4.96. The van der Waals surface area contributed by atoms with Crippen LogP contribution in [0.2, 0.25) is 0 Å². The van der Waals surface area contributed by atoms with Gasteiger partial charge in [-0.15, -0.1) is 0 Å². The Morgan fingerprint density at radius 2 is 0.515 bits per heavy atom. The summed E-state index contributed by atoms with van der Waals surface area (Å²) in [7, 11) is -9.92. The summed E-state index contributed by atoms with van der Waals surface area (Å²) in [6.07, 6.45) is 58.2. The molecular weight excluding hydrogens is 1290 g/mol. The summed E-state index contributed by atoms with van der Waals surface area (Å²) in [5.74, 6) is 0.233. The number of ether oxygens (including phenoxy) is 4. The van der Waals surface area contributed by atoms with Crippen molar-refractivity contribution >= 4 is 39.5 Å². The first kappa shape index (κ1) is 97.1. The van der Waals surface area contributed by atoms with Gasteiger partial charge in [0.15, 0.2) is 12.2 Å². The van der Waals surface area contributed by atoms with Gasteiger partial charge in [-0.2, -0.15) is 0 Å². The Bertz CT molecular complexity index is 1930. The Labute approximate surface area is 607 Å². The number of aliphatic hydroxyl groups excluding tert-OH is 1. The van der Waals surface area contributed by atoms with Gasteiger partial charge >= 0.3 is 39.5 Å². The highest BCUT2D eigenvalue weighted by molar-refractivity contribution is 7.47. The summed E-state index contributed by atoms with van der Waals surface area (Å²) in [5, 5.41) is 10.6. The summed E-state index contributed by atoms with van der Waals surface area (Å²) >= 11 is 0. The minimum absolute atomic E-state index is 0.105. The van der Waals surface area contributed by atoms with Crippen LogP contribution in [0.1, 0.15) is 414 Å². The van der Waals surface area contributed by atoms with Crippen LogP contribution in [0.3, 0.4) is 0 Å². The van der Waals surface area contributed by atoms with Gasteiger partial charge in [-0.05, 0) is 43.4 Å². The van der Waals surface area contributed by atoms with E-state index in [4.69, 9.17) is 37.0 Å². The number of carbonyl (C=O) groups is 4. The van der Waals surface area contributed by atoms with E-state index in [1.807, 2.05) is 0 Å². The number of esters is 4. The Morgan fingerprint density at radius 1 is 0.293 bits per heavy atom.